The van der Waals surface area contributed by atoms with Gasteiger partial charge < -0.3 is 9.47 Å². The molecule has 0 aliphatic rings. The zero-order valence-corrected chi connectivity index (χ0v) is 8.67. The molecular weight excluding hydrogens is 220 g/mol. The maximum atomic E-state index is 12.5. The predicted molar refractivity (Wildman–Crippen MR) is 54.2 cm³/mol. The molecule has 0 aliphatic heterocycles. The zero-order chi connectivity index (χ0) is 12.2. The van der Waals surface area contributed by atoms with E-state index in [1.807, 2.05) is 0 Å². The molecule has 0 aliphatic carbocycles. The summed E-state index contributed by atoms with van der Waals surface area (Å²) < 4.78 is 47.3. The van der Waals surface area contributed by atoms with Crippen molar-refractivity contribution in [2.24, 2.45) is 0 Å². The fraction of sp³-hybridized carbons (Fsp3) is 0.400. The van der Waals surface area contributed by atoms with Gasteiger partial charge in [0.15, 0.2) is 0 Å². The molecule has 0 unspecified atom stereocenters. The third-order valence-corrected chi connectivity index (χ3v) is 1.86. The number of methoxy groups -OCH3 is 1. The highest BCUT2D eigenvalue weighted by Crippen LogP contribution is 2.35. The molecule has 0 saturated carbocycles. The van der Waals surface area contributed by atoms with Crippen molar-refractivity contribution >= 4 is 13.3 Å². The van der Waals surface area contributed by atoms with E-state index in [-0.39, 0.29) is 24.4 Å². The smallest absolute Gasteiger partial charge is 0.419 e. The summed E-state index contributed by atoms with van der Waals surface area (Å²) in [6.45, 7) is 0.259. The Morgan fingerprint density at radius 2 is 1.94 bits per heavy atom. The van der Waals surface area contributed by atoms with Gasteiger partial charge in [-0.25, -0.2) is 0 Å². The molecule has 0 atom stereocenters. The first-order valence-electron chi connectivity index (χ1n) is 4.53. The summed E-state index contributed by atoms with van der Waals surface area (Å²) in [5.41, 5.74) is -0.613. The van der Waals surface area contributed by atoms with E-state index in [0.29, 0.717) is 0 Å². The second-order valence-electron chi connectivity index (χ2n) is 3.09. The molecule has 0 amide bonds. The molecule has 1 aromatic rings. The van der Waals surface area contributed by atoms with Crippen LogP contribution >= 0.6 is 0 Å². The van der Waals surface area contributed by atoms with Crippen LogP contribution in [-0.2, 0) is 10.9 Å². The van der Waals surface area contributed by atoms with Crippen molar-refractivity contribution in [2.75, 3.05) is 20.3 Å². The van der Waals surface area contributed by atoms with Gasteiger partial charge in [-0.2, -0.15) is 13.2 Å². The molecule has 0 spiro atoms. The Morgan fingerprint density at radius 3 is 2.50 bits per heavy atom. The van der Waals surface area contributed by atoms with Crippen molar-refractivity contribution in [1.82, 2.24) is 0 Å². The first-order valence-corrected chi connectivity index (χ1v) is 4.53. The topological polar surface area (TPSA) is 18.5 Å². The molecule has 0 N–H and O–H groups in total. The van der Waals surface area contributed by atoms with E-state index in [1.54, 1.807) is 0 Å². The lowest BCUT2D eigenvalue weighted by Gasteiger charge is -2.14. The van der Waals surface area contributed by atoms with Gasteiger partial charge in [0.25, 0.3) is 0 Å². The minimum atomic E-state index is -4.45. The second kappa shape index (κ2) is 5.25. The van der Waals surface area contributed by atoms with Gasteiger partial charge >= 0.3 is 6.18 Å². The van der Waals surface area contributed by atoms with Crippen LogP contribution < -0.4 is 10.2 Å². The quantitative estimate of drug-likeness (QED) is 0.576. The Kier molecular flexibility index (Phi) is 4.23. The van der Waals surface area contributed by atoms with Crippen molar-refractivity contribution in [3.05, 3.63) is 23.8 Å². The van der Waals surface area contributed by atoms with Gasteiger partial charge in [0.2, 0.25) is 0 Å². The lowest BCUT2D eigenvalue weighted by molar-refractivity contribution is -0.139. The molecule has 1 aromatic carbocycles. The number of ether oxygens (including phenoxy) is 2. The molecule has 2 radical (unpaired) electrons. The monoisotopic (exact) mass is 230 g/mol. The average Bonchev–Trinajstić information content (AvgIpc) is 2.16. The van der Waals surface area contributed by atoms with Gasteiger partial charge in [-0.3, -0.25) is 0 Å². The van der Waals surface area contributed by atoms with Crippen LogP contribution in [-0.4, -0.2) is 28.2 Å². The molecule has 0 saturated heterocycles. The van der Waals surface area contributed by atoms with E-state index in [9.17, 15) is 13.2 Å². The fourth-order valence-corrected chi connectivity index (χ4v) is 1.13. The van der Waals surface area contributed by atoms with Gasteiger partial charge in [0, 0.05) is 7.11 Å². The van der Waals surface area contributed by atoms with Gasteiger partial charge in [-0.1, -0.05) is 11.5 Å². The molecule has 0 aromatic heterocycles. The summed E-state index contributed by atoms with van der Waals surface area (Å²) in [4.78, 5) is 0. The van der Waals surface area contributed by atoms with E-state index >= 15 is 0 Å². The van der Waals surface area contributed by atoms with E-state index < -0.39 is 11.7 Å². The lowest BCUT2D eigenvalue weighted by Crippen LogP contribution is -2.14. The van der Waals surface area contributed by atoms with Gasteiger partial charge in [0.1, 0.15) is 20.2 Å². The largest absolute Gasteiger partial charge is 0.491 e. The third kappa shape index (κ3) is 3.45. The van der Waals surface area contributed by atoms with Gasteiger partial charge in [-0.15, -0.1) is 0 Å². The fourth-order valence-electron chi connectivity index (χ4n) is 1.13. The molecule has 0 fully saturated rings. The number of hydrogen-bond donors (Lipinski definition) is 0. The molecule has 0 heterocycles. The maximum Gasteiger partial charge on any atom is 0.419 e. The second-order valence-corrected chi connectivity index (χ2v) is 3.09. The number of benzene rings is 1. The van der Waals surface area contributed by atoms with Crippen LogP contribution in [0.4, 0.5) is 13.2 Å². The van der Waals surface area contributed by atoms with Crippen molar-refractivity contribution in [3.63, 3.8) is 0 Å². The number of rotatable bonds is 4. The average molecular weight is 230 g/mol. The third-order valence-electron chi connectivity index (χ3n) is 1.86. The van der Waals surface area contributed by atoms with E-state index in [0.717, 1.165) is 12.1 Å². The summed E-state index contributed by atoms with van der Waals surface area (Å²) >= 11 is 0. The Hall–Kier alpha value is -1.17. The number of alkyl halides is 3. The number of halogens is 3. The van der Waals surface area contributed by atoms with Crippen molar-refractivity contribution in [3.8, 4) is 5.75 Å². The zero-order valence-electron chi connectivity index (χ0n) is 8.67. The van der Waals surface area contributed by atoms with Gasteiger partial charge in [-0.05, 0) is 12.1 Å². The van der Waals surface area contributed by atoms with E-state index in [2.05, 4.69) is 4.74 Å². The first kappa shape index (κ1) is 12.9. The molecule has 1 rings (SSSR count). The van der Waals surface area contributed by atoms with Crippen LogP contribution in [0.1, 0.15) is 5.56 Å². The molecule has 0 bridgehead atoms. The molecular formula is C10H10BF3O2. The maximum absolute atomic E-state index is 12.5. The highest BCUT2D eigenvalue weighted by Gasteiger charge is 2.34. The summed E-state index contributed by atoms with van der Waals surface area (Å²) in [6.07, 6.45) is -4.45. The van der Waals surface area contributed by atoms with Crippen molar-refractivity contribution < 1.29 is 22.6 Å². The highest BCUT2D eigenvalue weighted by molar-refractivity contribution is 6.32. The van der Waals surface area contributed by atoms with Crippen LogP contribution in [0.5, 0.6) is 5.75 Å². The minimum Gasteiger partial charge on any atom is -0.491 e. The molecule has 16 heavy (non-hydrogen) atoms. The summed E-state index contributed by atoms with van der Waals surface area (Å²) in [5.74, 6) is -0.274. The minimum absolute atomic E-state index is 0.0447. The number of hydrogen-bond acceptors (Lipinski definition) is 2. The van der Waals surface area contributed by atoms with Gasteiger partial charge in [0.05, 0.1) is 12.2 Å². The Bertz CT molecular complexity index is 352. The molecule has 2 nitrogen and oxygen atoms in total. The highest BCUT2D eigenvalue weighted by atomic mass is 19.4. The van der Waals surface area contributed by atoms with Crippen LogP contribution in [0.25, 0.3) is 0 Å². The van der Waals surface area contributed by atoms with Crippen molar-refractivity contribution in [2.45, 2.75) is 6.18 Å². The molecule has 6 heteroatoms. The van der Waals surface area contributed by atoms with E-state index in [1.165, 1.54) is 13.2 Å². The summed E-state index contributed by atoms with van der Waals surface area (Å²) in [6, 6.07) is 3.24. The van der Waals surface area contributed by atoms with Crippen LogP contribution in [0, 0.1) is 0 Å². The first-order chi connectivity index (χ1) is 7.45. The van der Waals surface area contributed by atoms with Crippen molar-refractivity contribution in [1.29, 1.82) is 0 Å². The summed E-state index contributed by atoms with van der Waals surface area (Å²) in [7, 11) is 6.83. The van der Waals surface area contributed by atoms with Crippen LogP contribution in [0.2, 0.25) is 0 Å². The predicted octanol–water partition coefficient (Wildman–Crippen LogP) is 1.52. The normalized spacial score (nSPS) is 11.5. The SMILES string of the molecule is [B]c1ccc(C(F)(F)F)c(OCCOC)c1. The lowest BCUT2D eigenvalue weighted by atomic mass is 9.94. The Balaban J connectivity index is 2.90. The van der Waals surface area contributed by atoms with Crippen LogP contribution in [0.3, 0.4) is 0 Å². The Morgan fingerprint density at radius 1 is 1.25 bits per heavy atom. The Labute approximate surface area is 92.8 Å². The molecule has 86 valence electrons. The van der Waals surface area contributed by atoms with Crippen LogP contribution in [0.15, 0.2) is 18.2 Å². The standard InChI is InChI=1S/C10H10BF3O2/c1-15-4-5-16-9-6-7(11)2-3-8(9)10(12,13)14/h2-3,6H,4-5H2,1H3. The van der Waals surface area contributed by atoms with E-state index in [4.69, 9.17) is 12.6 Å². The summed E-state index contributed by atoms with van der Waals surface area (Å²) in [5, 5.41) is 0.